The molecule has 0 radical (unpaired) electrons. The summed E-state index contributed by atoms with van der Waals surface area (Å²) in [5.74, 6) is 0.774. The second-order valence-electron chi connectivity index (χ2n) is 6.61. The summed E-state index contributed by atoms with van der Waals surface area (Å²) in [6, 6.07) is 0.00914. The highest BCUT2D eigenvalue weighted by molar-refractivity contribution is 5.83. The average molecular weight is 291 g/mol. The molecule has 0 spiro atoms. The highest BCUT2D eigenvalue weighted by atomic mass is 16.3. The third-order valence-corrected chi connectivity index (χ3v) is 3.66. The topological polar surface area (TPSA) is 67.1 Å². The molecular weight excluding hydrogens is 266 g/mol. The van der Waals surface area contributed by atoms with E-state index in [4.69, 9.17) is 0 Å². The molecule has 1 N–H and O–H groups in total. The number of anilines is 1. The van der Waals surface area contributed by atoms with Crippen molar-refractivity contribution in [3.05, 3.63) is 12.7 Å². The molecule has 0 amide bonds. The molecule has 0 aliphatic carbocycles. The maximum Gasteiger partial charge on any atom is 0.165 e. The molecule has 2 heterocycles. The molecule has 0 saturated carbocycles. The van der Waals surface area contributed by atoms with Gasteiger partial charge in [0.25, 0.3) is 0 Å². The first-order valence-corrected chi connectivity index (χ1v) is 7.37. The number of hydrogen-bond donors (Lipinski definition) is 1. The van der Waals surface area contributed by atoms with E-state index in [0.717, 1.165) is 29.9 Å². The lowest BCUT2D eigenvalue weighted by Gasteiger charge is -2.32. The van der Waals surface area contributed by atoms with Crippen LogP contribution in [-0.4, -0.2) is 44.3 Å². The van der Waals surface area contributed by atoms with Crippen molar-refractivity contribution in [3.8, 4) is 0 Å². The largest absolute Gasteiger partial charge is 0.394 e. The van der Waals surface area contributed by atoms with Crippen LogP contribution in [0.2, 0.25) is 0 Å². The van der Waals surface area contributed by atoms with Gasteiger partial charge >= 0.3 is 0 Å². The molecular formula is C15H25N5O. The predicted molar refractivity (Wildman–Crippen MR) is 84.3 cm³/mol. The zero-order chi connectivity index (χ0) is 15.6. The van der Waals surface area contributed by atoms with Crippen LogP contribution in [0.5, 0.6) is 0 Å². The first kappa shape index (κ1) is 15.7. The Hall–Kier alpha value is -1.69. The molecule has 0 unspecified atom stereocenters. The van der Waals surface area contributed by atoms with Crippen LogP contribution >= 0.6 is 0 Å². The van der Waals surface area contributed by atoms with E-state index in [-0.39, 0.29) is 18.1 Å². The van der Waals surface area contributed by atoms with Gasteiger partial charge in [0, 0.05) is 13.6 Å². The maximum atomic E-state index is 9.73. The number of aromatic nitrogens is 4. The molecule has 1 atom stereocenters. The fraction of sp³-hybridized carbons (Fsp3) is 0.667. The molecule has 0 bridgehead atoms. The number of likely N-dealkylation sites (N-methyl/N-ethyl adjacent to an activating group) is 1. The van der Waals surface area contributed by atoms with Crippen molar-refractivity contribution >= 4 is 17.0 Å². The molecule has 0 aliphatic heterocycles. The van der Waals surface area contributed by atoms with Crippen molar-refractivity contribution in [2.75, 3.05) is 18.6 Å². The quantitative estimate of drug-likeness (QED) is 0.913. The number of rotatable bonds is 5. The lowest BCUT2D eigenvalue weighted by Crippen LogP contribution is -2.38. The summed E-state index contributed by atoms with van der Waals surface area (Å²) in [4.78, 5) is 15.2. The minimum absolute atomic E-state index is 0.00914. The highest BCUT2D eigenvalue weighted by Gasteiger charge is 2.24. The summed E-state index contributed by atoms with van der Waals surface area (Å²) in [7, 11) is 1.96. The first-order valence-electron chi connectivity index (χ1n) is 7.37. The van der Waals surface area contributed by atoms with Crippen molar-refractivity contribution in [2.45, 2.75) is 46.7 Å². The second-order valence-corrected chi connectivity index (χ2v) is 6.61. The molecule has 6 heteroatoms. The minimum Gasteiger partial charge on any atom is -0.394 e. The number of hydrogen-bond acceptors (Lipinski definition) is 5. The molecule has 0 fully saturated rings. The Balaban J connectivity index is 2.38. The van der Waals surface area contributed by atoms with Gasteiger partial charge in [-0.3, -0.25) is 0 Å². The van der Waals surface area contributed by atoms with Crippen molar-refractivity contribution in [1.82, 2.24) is 19.5 Å². The molecule has 2 aromatic heterocycles. The number of aliphatic hydroxyl groups is 1. The van der Waals surface area contributed by atoms with Gasteiger partial charge in [-0.05, 0) is 18.8 Å². The van der Waals surface area contributed by atoms with E-state index in [1.54, 1.807) is 12.7 Å². The van der Waals surface area contributed by atoms with E-state index in [1.165, 1.54) is 0 Å². The molecule has 116 valence electrons. The van der Waals surface area contributed by atoms with E-state index in [9.17, 15) is 5.11 Å². The van der Waals surface area contributed by atoms with E-state index in [1.807, 2.05) is 16.5 Å². The molecule has 21 heavy (non-hydrogen) atoms. The predicted octanol–water partition coefficient (Wildman–Crippen LogP) is 2.08. The van der Waals surface area contributed by atoms with Crippen LogP contribution in [-0.2, 0) is 6.54 Å². The second kappa shape index (κ2) is 5.97. The summed E-state index contributed by atoms with van der Waals surface area (Å²) in [6.45, 7) is 9.49. The summed E-state index contributed by atoms with van der Waals surface area (Å²) in [6.07, 6.45) is 4.22. The van der Waals surface area contributed by atoms with Gasteiger partial charge in [-0.15, -0.1) is 0 Å². The summed E-state index contributed by atoms with van der Waals surface area (Å²) < 4.78 is 1.99. The Morgan fingerprint density at radius 3 is 2.57 bits per heavy atom. The number of imidazole rings is 1. The molecule has 0 saturated heterocycles. The monoisotopic (exact) mass is 291 g/mol. The maximum absolute atomic E-state index is 9.73. The third kappa shape index (κ3) is 3.32. The molecule has 6 nitrogen and oxygen atoms in total. The Morgan fingerprint density at radius 2 is 2.00 bits per heavy atom. The fourth-order valence-corrected chi connectivity index (χ4v) is 2.56. The van der Waals surface area contributed by atoms with Crippen LogP contribution in [0.15, 0.2) is 12.7 Å². The standard InChI is InChI=1S/C15H25N5O/c1-6-20-10-18-12-13(16-9-17-14(12)20)19(5)11(8-21)7-15(2,3)4/h9-11,21H,6-8H2,1-5H3/t11-/m1/s1. The Morgan fingerprint density at radius 1 is 1.29 bits per heavy atom. The first-order chi connectivity index (χ1) is 9.87. The van der Waals surface area contributed by atoms with Crippen LogP contribution in [0.1, 0.15) is 34.1 Å². The Kier molecular flexibility index (Phi) is 4.46. The molecule has 2 rings (SSSR count). The summed E-state index contributed by atoms with van der Waals surface area (Å²) >= 11 is 0. The number of fused-ring (bicyclic) bond motifs is 1. The van der Waals surface area contributed by atoms with Gasteiger partial charge in [-0.2, -0.15) is 0 Å². The van der Waals surface area contributed by atoms with Gasteiger partial charge in [0.1, 0.15) is 6.33 Å². The Labute approximate surface area is 125 Å². The zero-order valence-electron chi connectivity index (χ0n) is 13.5. The van der Waals surface area contributed by atoms with Crippen molar-refractivity contribution in [3.63, 3.8) is 0 Å². The van der Waals surface area contributed by atoms with Crippen LogP contribution in [0, 0.1) is 5.41 Å². The fourth-order valence-electron chi connectivity index (χ4n) is 2.56. The van der Waals surface area contributed by atoms with Crippen LogP contribution in [0.25, 0.3) is 11.2 Å². The minimum atomic E-state index is 0.00914. The number of nitrogens with zero attached hydrogens (tertiary/aromatic N) is 5. The van der Waals surface area contributed by atoms with Crippen LogP contribution < -0.4 is 4.90 Å². The smallest absolute Gasteiger partial charge is 0.165 e. The molecule has 0 aromatic carbocycles. The van der Waals surface area contributed by atoms with Crippen molar-refractivity contribution in [1.29, 1.82) is 0 Å². The van der Waals surface area contributed by atoms with E-state index < -0.39 is 0 Å². The van der Waals surface area contributed by atoms with Gasteiger partial charge in [0.2, 0.25) is 0 Å². The van der Waals surface area contributed by atoms with Gasteiger partial charge in [0.15, 0.2) is 17.0 Å². The third-order valence-electron chi connectivity index (χ3n) is 3.66. The molecule has 0 aliphatic rings. The van der Waals surface area contributed by atoms with Crippen molar-refractivity contribution < 1.29 is 5.11 Å². The summed E-state index contributed by atoms with van der Waals surface area (Å²) in [5, 5.41) is 9.73. The van der Waals surface area contributed by atoms with Crippen LogP contribution in [0.4, 0.5) is 5.82 Å². The number of aliphatic hydroxyl groups excluding tert-OH is 1. The lowest BCUT2D eigenvalue weighted by atomic mass is 9.88. The average Bonchev–Trinajstić information content (AvgIpc) is 2.86. The van der Waals surface area contributed by atoms with Crippen LogP contribution in [0.3, 0.4) is 0 Å². The van der Waals surface area contributed by atoms with Crippen molar-refractivity contribution in [2.24, 2.45) is 5.41 Å². The normalized spacial score (nSPS) is 13.6. The lowest BCUT2D eigenvalue weighted by molar-refractivity contribution is 0.219. The number of aryl methyl sites for hydroxylation is 1. The Bertz CT molecular complexity index is 602. The molecule has 2 aromatic rings. The van der Waals surface area contributed by atoms with E-state index >= 15 is 0 Å². The van der Waals surface area contributed by atoms with E-state index in [0.29, 0.717) is 0 Å². The SMILES string of the molecule is CCn1cnc2c(N(C)[C@@H](CO)CC(C)(C)C)ncnc21. The van der Waals surface area contributed by atoms with Gasteiger partial charge in [0.05, 0.1) is 19.0 Å². The van der Waals surface area contributed by atoms with E-state index in [2.05, 4.69) is 42.6 Å². The summed E-state index contributed by atoms with van der Waals surface area (Å²) in [5.41, 5.74) is 1.76. The van der Waals surface area contributed by atoms with Gasteiger partial charge in [-0.25, -0.2) is 15.0 Å². The highest BCUT2D eigenvalue weighted by Crippen LogP contribution is 2.27. The van der Waals surface area contributed by atoms with Gasteiger partial charge in [-0.1, -0.05) is 20.8 Å². The van der Waals surface area contributed by atoms with Gasteiger partial charge < -0.3 is 14.6 Å². The zero-order valence-corrected chi connectivity index (χ0v) is 13.5.